The van der Waals surface area contributed by atoms with Crippen LogP contribution < -0.4 is 5.32 Å². The van der Waals surface area contributed by atoms with Crippen molar-refractivity contribution in [2.45, 2.75) is 36.4 Å². The van der Waals surface area contributed by atoms with Gasteiger partial charge in [-0.25, -0.2) is 4.98 Å². The molecule has 1 amide bonds. The van der Waals surface area contributed by atoms with Gasteiger partial charge in [-0.2, -0.15) is 0 Å². The van der Waals surface area contributed by atoms with E-state index >= 15 is 0 Å². The van der Waals surface area contributed by atoms with Gasteiger partial charge in [0.2, 0.25) is 0 Å². The number of anilines is 1. The van der Waals surface area contributed by atoms with E-state index in [4.69, 9.17) is 9.47 Å². The minimum Gasteiger partial charge on any atom is -0.392 e. The molecule has 0 spiro atoms. The Labute approximate surface area is 242 Å². The summed E-state index contributed by atoms with van der Waals surface area (Å²) in [7, 11) is 0. The molecule has 1 aliphatic heterocycles. The van der Waals surface area contributed by atoms with Gasteiger partial charge in [0.25, 0.3) is 5.91 Å². The highest BCUT2D eigenvalue weighted by atomic mass is 32.2. The van der Waals surface area contributed by atoms with E-state index in [1.54, 1.807) is 11.8 Å². The van der Waals surface area contributed by atoms with Crippen LogP contribution in [0.15, 0.2) is 114 Å². The molecule has 3 atom stereocenters. The summed E-state index contributed by atoms with van der Waals surface area (Å²) in [5.41, 5.74) is 5.07. The number of carbonyl (C=O) groups is 1. The molecule has 2 N–H and O–H groups in total. The number of ether oxygens (including phenoxy) is 2. The maximum absolute atomic E-state index is 12.8. The van der Waals surface area contributed by atoms with Crippen molar-refractivity contribution in [3.8, 4) is 0 Å². The fourth-order valence-electron chi connectivity index (χ4n) is 4.71. The van der Waals surface area contributed by atoms with Crippen molar-refractivity contribution in [2.75, 3.05) is 11.1 Å². The van der Waals surface area contributed by atoms with Crippen molar-refractivity contribution in [3.05, 3.63) is 132 Å². The van der Waals surface area contributed by atoms with Crippen molar-refractivity contribution in [3.63, 3.8) is 0 Å². The van der Waals surface area contributed by atoms with Gasteiger partial charge in [-0.3, -0.25) is 9.78 Å². The molecule has 4 aromatic carbocycles. The van der Waals surface area contributed by atoms with E-state index in [9.17, 15) is 9.90 Å². The first-order chi connectivity index (χ1) is 20.1. The Balaban J connectivity index is 1.17. The summed E-state index contributed by atoms with van der Waals surface area (Å²) in [4.78, 5) is 22.8. The van der Waals surface area contributed by atoms with Crippen LogP contribution in [0.1, 0.15) is 46.0 Å². The van der Waals surface area contributed by atoms with Crippen LogP contribution >= 0.6 is 11.8 Å². The summed E-state index contributed by atoms with van der Waals surface area (Å²) in [5.74, 6) is 0.460. The maximum atomic E-state index is 12.8. The lowest BCUT2D eigenvalue weighted by Crippen LogP contribution is -2.31. The molecule has 2 heterocycles. The second-order valence-corrected chi connectivity index (χ2v) is 10.9. The zero-order chi connectivity index (χ0) is 28.0. The summed E-state index contributed by atoms with van der Waals surface area (Å²) >= 11 is 1.76. The van der Waals surface area contributed by atoms with Gasteiger partial charge in [-0.15, -0.1) is 11.8 Å². The number of hydrogen-bond donors (Lipinski definition) is 2. The highest BCUT2D eigenvalue weighted by Crippen LogP contribution is 2.39. The number of hydrogen-bond acceptors (Lipinski definition) is 7. The summed E-state index contributed by atoms with van der Waals surface area (Å²) in [5, 5.41) is 12.3. The summed E-state index contributed by atoms with van der Waals surface area (Å²) in [6, 6.07) is 33.1. The van der Waals surface area contributed by atoms with Crippen LogP contribution in [0.4, 0.5) is 5.69 Å². The Morgan fingerprint density at radius 1 is 0.854 bits per heavy atom. The fourth-order valence-corrected chi connectivity index (χ4v) is 5.66. The Bertz CT molecular complexity index is 1610. The molecular formula is C33H29N3O4S. The first-order valence-electron chi connectivity index (χ1n) is 13.5. The predicted molar refractivity (Wildman–Crippen MR) is 160 cm³/mol. The number of aliphatic hydroxyl groups is 1. The molecule has 3 unspecified atom stereocenters. The molecule has 7 nitrogen and oxygen atoms in total. The van der Waals surface area contributed by atoms with Crippen LogP contribution in [0.25, 0.3) is 11.0 Å². The van der Waals surface area contributed by atoms with Gasteiger partial charge < -0.3 is 19.9 Å². The molecule has 1 aromatic heterocycles. The molecule has 0 radical (unpaired) electrons. The number of nitrogens with zero attached hydrogens (tertiary/aromatic N) is 2. The number of aromatic nitrogens is 2. The number of fused-ring (bicyclic) bond motifs is 1. The number of thioether (sulfide) groups is 1. The molecule has 1 saturated heterocycles. The van der Waals surface area contributed by atoms with E-state index in [-0.39, 0.29) is 30.4 Å². The quantitative estimate of drug-likeness (QED) is 0.203. The zero-order valence-electron chi connectivity index (χ0n) is 22.2. The number of nitrogens with one attached hydrogen (secondary N) is 1. The normalized spacial score (nSPS) is 18.7. The van der Waals surface area contributed by atoms with Crippen LogP contribution in [0.3, 0.4) is 0 Å². The molecule has 41 heavy (non-hydrogen) atoms. The fraction of sp³-hybridized carbons (Fsp3) is 0.182. The van der Waals surface area contributed by atoms with Gasteiger partial charge in [0.15, 0.2) is 6.29 Å². The SMILES string of the molecule is O=C(Nc1ccc(C2OC(CSc3ccccc3)CC(c3ccc(CO)cc3)O2)cc1)c1cnc2ccccc2n1. The monoisotopic (exact) mass is 563 g/mol. The van der Waals surface area contributed by atoms with Gasteiger partial charge in [-0.1, -0.05) is 66.7 Å². The highest BCUT2D eigenvalue weighted by Gasteiger charge is 2.32. The van der Waals surface area contributed by atoms with E-state index in [0.717, 1.165) is 34.4 Å². The average Bonchev–Trinajstić information content (AvgIpc) is 3.04. The molecule has 1 fully saturated rings. The van der Waals surface area contributed by atoms with Crippen molar-refractivity contribution in [1.82, 2.24) is 9.97 Å². The smallest absolute Gasteiger partial charge is 0.275 e. The van der Waals surface area contributed by atoms with E-state index in [1.807, 2.05) is 91.0 Å². The molecule has 206 valence electrons. The van der Waals surface area contributed by atoms with E-state index in [2.05, 4.69) is 27.4 Å². The van der Waals surface area contributed by atoms with Gasteiger partial charge in [-0.05, 0) is 47.5 Å². The number of aliphatic hydroxyl groups excluding tert-OH is 1. The third kappa shape index (κ3) is 6.64. The third-order valence-electron chi connectivity index (χ3n) is 6.92. The standard InChI is InChI=1S/C33H29N3O4S/c37-20-22-10-12-23(13-11-22)31-18-26(21-41-27-6-2-1-3-7-27)39-33(40-31)24-14-16-25(17-15-24)35-32(38)30-19-34-28-8-4-5-9-29(28)36-30/h1-17,19,26,31,33,37H,18,20-21H2,(H,35,38). The van der Waals surface area contributed by atoms with Crippen LogP contribution in [0.2, 0.25) is 0 Å². The Morgan fingerprint density at radius 3 is 2.32 bits per heavy atom. The molecule has 0 saturated carbocycles. The lowest BCUT2D eigenvalue weighted by atomic mass is 10.0. The highest BCUT2D eigenvalue weighted by molar-refractivity contribution is 7.99. The first-order valence-corrected chi connectivity index (χ1v) is 14.4. The minimum atomic E-state index is -0.566. The van der Waals surface area contributed by atoms with Gasteiger partial charge in [0.05, 0.1) is 36.0 Å². The molecule has 8 heteroatoms. The molecule has 5 aromatic rings. The maximum Gasteiger partial charge on any atom is 0.275 e. The molecule has 1 aliphatic rings. The third-order valence-corrected chi connectivity index (χ3v) is 8.06. The Kier molecular flexibility index (Phi) is 8.34. The number of rotatable bonds is 8. The van der Waals surface area contributed by atoms with Gasteiger partial charge in [0, 0.05) is 28.3 Å². The van der Waals surface area contributed by atoms with Crippen molar-refractivity contribution in [1.29, 1.82) is 0 Å². The topological polar surface area (TPSA) is 93.6 Å². The van der Waals surface area contributed by atoms with Crippen molar-refractivity contribution >= 4 is 34.4 Å². The van der Waals surface area contributed by atoms with Crippen LogP contribution in [0.5, 0.6) is 0 Å². The van der Waals surface area contributed by atoms with E-state index in [0.29, 0.717) is 11.2 Å². The van der Waals surface area contributed by atoms with E-state index in [1.165, 1.54) is 11.1 Å². The number of para-hydroxylation sites is 2. The van der Waals surface area contributed by atoms with Gasteiger partial charge in [0.1, 0.15) is 5.69 Å². The molecule has 0 aliphatic carbocycles. The lowest BCUT2D eigenvalue weighted by Gasteiger charge is -2.36. The average molecular weight is 564 g/mol. The molecular weight excluding hydrogens is 534 g/mol. The number of amides is 1. The number of benzene rings is 4. The van der Waals surface area contributed by atoms with Crippen LogP contribution in [-0.2, 0) is 16.1 Å². The van der Waals surface area contributed by atoms with Gasteiger partial charge >= 0.3 is 0 Å². The summed E-state index contributed by atoms with van der Waals surface area (Å²) in [6.07, 6.45) is 1.44. The minimum absolute atomic E-state index is 0.00417. The summed E-state index contributed by atoms with van der Waals surface area (Å²) in [6.45, 7) is 0.00417. The summed E-state index contributed by atoms with van der Waals surface area (Å²) < 4.78 is 12.9. The lowest BCUT2D eigenvalue weighted by molar-refractivity contribution is -0.245. The predicted octanol–water partition coefficient (Wildman–Crippen LogP) is 6.71. The first kappa shape index (κ1) is 27.1. The van der Waals surface area contributed by atoms with Crippen LogP contribution in [-0.4, -0.2) is 32.8 Å². The zero-order valence-corrected chi connectivity index (χ0v) is 23.0. The van der Waals surface area contributed by atoms with Crippen molar-refractivity contribution < 1.29 is 19.4 Å². The van der Waals surface area contributed by atoms with Crippen molar-refractivity contribution in [2.24, 2.45) is 0 Å². The van der Waals surface area contributed by atoms with Crippen LogP contribution in [0, 0.1) is 0 Å². The van der Waals surface area contributed by atoms with E-state index < -0.39 is 6.29 Å². The second-order valence-electron chi connectivity index (χ2n) is 9.79. The Hall–Kier alpha value is -4.08. The second kappa shape index (κ2) is 12.6. The molecule has 0 bridgehead atoms. The largest absolute Gasteiger partial charge is 0.392 e. The number of carbonyl (C=O) groups excluding carboxylic acids is 1. The molecule has 6 rings (SSSR count). The Morgan fingerprint density at radius 2 is 1.56 bits per heavy atom.